The van der Waals surface area contributed by atoms with Crippen molar-refractivity contribution in [3.05, 3.63) is 107 Å². The van der Waals surface area contributed by atoms with Gasteiger partial charge in [0.25, 0.3) is 5.91 Å². The number of benzene rings is 2. The third-order valence-corrected chi connectivity index (χ3v) is 6.72. The third-order valence-electron chi connectivity index (χ3n) is 6.72. The molecule has 1 fully saturated rings. The Balaban J connectivity index is 1.36. The summed E-state index contributed by atoms with van der Waals surface area (Å²) in [4.78, 5) is 24.9. The van der Waals surface area contributed by atoms with E-state index >= 15 is 0 Å². The predicted octanol–water partition coefficient (Wildman–Crippen LogP) is 5.63. The van der Waals surface area contributed by atoms with Gasteiger partial charge in [-0.3, -0.25) is 9.78 Å². The first-order valence-corrected chi connectivity index (χ1v) is 12.0. The summed E-state index contributed by atoms with van der Waals surface area (Å²) in [6, 6.07) is 22.6. The van der Waals surface area contributed by atoms with Gasteiger partial charge in [-0.1, -0.05) is 48.0 Å². The Morgan fingerprint density at radius 3 is 2.71 bits per heavy atom. The van der Waals surface area contributed by atoms with Gasteiger partial charge in [0.05, 0.1) is 5.69 Å². The SMILES string of the molecule is Cc1cccc(-c2cccc([C@H]3CCCN(C(=O)c4ccccc4Cn4ccnc4C)C3)n2)c1. The number of nitrogens with zero attached hydrogens (tertiary/aromatic N) is 4. The molecule has 0 bridgehead atoms. The lowest BCUT2D eigenvalue weighted by molar-refractivity contribution is 0.0704. The highest BCUT2D eigenvalue weighted by molar-refractivity contribution is 5.95. The van der Waals surface area contributed by atoms with Crippen molar-refractivity contribution in [1.82, 2.24) is 19.4 Å². The lowest BCUT2D eigenvalue weighted by Gasteiger charge is -2.33. The van der Waals surface area contributed by atoms with Gasteiger partial charge in [0.15, 0.2) is 0 Å². The molecule has 2 aromatic carbocycles. The van der Waals surface area contributed by atoms with E-state index in [0.29, 0.717) is 13.1 Å². The van der Waals surface area contributed by atoms with Crippen molar-refractivity contribution in [3.63, 3.8) is 0 Å². The van der Waals surface area contributed by atoms with Crippen molar-refractivity contribution in [2.24, 2.45) is 0 Å². The van der Waals surface area contributed by atoms with Gasteiger partial charge in [0, 0.05) is 54.8 Å². The first kappa shape index (κ1) is 22.1. The second-order valence-electron chi connectivity index (χ2n) is 9.17. The van der Waals surface area contributed by atoms with Crippen LogP contribution < -0.4 is 0 Å². The molecule has 0 aliphatic carbocycles. The molecule has 1 aliphatic rings. The van der Waals surface area contributed by atoms with E-state index < -0.39 is 0 Å². The van der Waals surface area contributed by atoms with Crippen LogP contribution in [0.4, 0.5) is 0 Å². The van der Waals surface area contributed by atoms with Crippen molar-refractivity contribution < 1.29 is 4.79 Å². The Hall–Kier alpha value is -3.73. The van der Waals surface area contributed by atoms with Crippen LogP contribution in [0.15, 0.2) is 79.1 Å². The molecule has 3 heterocycles. The van der Waals surface area contributed by atoms with Crippen LogP contribution in [0.3, 0.4) is 0 Å². The molecule has 5 heteroatoms. The largest absolute Gasteiger partial charge is 0.338 e. The Morgan fingerprint density at radius 2 is 1.88 bits per heavy atom. The summed E-state index contributed by atoms with van der Waals surface area (Å²) in [6.45, 7) is 6.21. The van der Waals surface area contributed by atoms with Crippen molar-refractivity contribution in [3.8, 4) is 11.3 Å². The first-order valence-electron chi connectivity index (χ1n) is 12.0. The Morgan fingerprint density at radius 1 is 1.03 bits per heavy atom. The molecule has 172 valence electrons. The van der Waals surface area contributed by atoms with Gasteiger partial charge >= 0.3 is 0 Å². The maximum atomic E-state index is 13.6. The standard InChI is InChI=1S/C29H30N4O/c1-21-8-5-10-23(18-21)27-13-6-14-28(31-27)25-11-7-16-33(20-25)29(34)26-12-4-3-9-24(26)19-32-17-15-30-22(32)2/h3-6,8-10,12-15,17-18,25H,7,11,16,19-20H2,1-2H3/t25-/m0/s1. The minimum atomic E-state index is 0.105. The van der Waals surface area contributed by atoms with Gasteiger partial charge in [-0.15, -0.1) is 0 Å². The highest BCUT2D eigenvalue weighted by Crippen LogP contribution is 2.29. The van der Waals surface area contributed by atoms with Crippen LogP contribution >= 0.6 is 0 Å². The maximum absolute atomic E-state index is 13.6. The number of amides is 1. The molecule has 2 aromatic heterocycles. The van der Waals surface area contributed by atoms with Gasteiger partial charge in [-0.2, -0.15) is 0 Å². The maximum Gasteiger partial charge on any atom is 0.254 e. The van der Waals surface area contributed by atoms with Crippen LogP contribution in [0.25, 0.3) is 11.3 Å². The average molecular weight is 451 g/mol. The fraction of sp³-hybridized carbons (Fsp3) is 0.276. The van der Waals surface area contributed by atoms with E-state index in [4.69, 9.17) is 4.98 Å². The van der Waals surface area contributed by atoms with Crippen LogP contribution in [0.2, 0.25) is 0 Å². The highest BCUT2D eigenvalue weighted by Gasteiger charge is 2.27. The number of piperidine rings is 1. The highest BCUT2D eigenvalue weighted by atomic mass is 16.2. The molecule has 0 saturated carbocycles. The molecular formula is C29H30N4O. The first-order chi connectivity index (χ1) is 16.6. The molecule has 0 radical (unpaired) electrons. The van der Waals surface area contributed by atoms with E-state index in [2.05, 4.69) is 58.9 Å². The molecule has 4 aromatic rings. The Labute approximate surface area is 201 Å². The van der Waals surface area contributed by atoms with Crippen LogP contribution in [-0.2, 0) is 6.54 Å². The molecule has 0 unspecified atom stereocenters. The van der Waals surface area contributed by atoms with E-state index in [0.717, 1.165) is 53.3 Å². The zero-order chi connectivity index (χ0) is 23.5. The van der Waals surface area contributed by atoms with Crippen molar-refractivity contribution in [2.45, 2.75) is 39.2 Å². The summed E-state index contributed by atoms with van der Waals surface area (Å²) in [6.07, 6.45) is 5.78. The second-order valence-corrected chi connectivity index (χ2v) is 9.17. The van der Waals surface area contributed by atoms with Crippen LogP contribution in [-0.4, -0.2) is 38.4 Å². The molecule has 0 N–H and O–H groups in total. The minimum Gasteiger partial charge on any atom is -0.338 e. The topological polar surface area (TPSA) is 51.0 Å². The number of aromatic nitrogens is 3. The third kappa shape index (κ3) is 4.65. The number of aryl methyl sites for hydroxylation is 2. The molecule has 34 heavy (non-hydrogen) atoms. The van der Waals surface area contributed by atoms with Gasteiger partial charge in [0.1, 0.15) is 5.82 Å². The van der Waals surface area contributed by atoms with Gasteiger partial charge in [-0.25, -0.2) is 4.98 Å². The lowest BCUT2D eigenvalue weighted by atomic mass is 9.93. The minimum absolute atomic E-state index is 0.105. The number of carbonyl (C=O) groups excluding carboxylic acids is 1. The zero-order valence-electron chi connectivity index (χ0n) is 19.8. The number of likely N-dealkylation sites (tertiary alicyclic amines) is 1. The van der Waals surface area contributed by atoms with Crippen LogP contribution in [0, 0.1) is 13.8 Å². The van der Waals surface area contributed by atoms with Crippen LogP contribution in [0.5, 0.6) is 0 Å². The van der Waals surface area contributed by atoms with Crippen molar-refractivity contribution in [1.29, 1.82) is 0 Å². The summed E-state index contributed by atoms with van der Waals surface area (Å²) in [5, 5.41) is 0. The van der Waals surface area contributed by atoms with E-state index in [1.165, 1.54) is 5.56 Å². The van der Waals surface area contributed by atoms with Gasteiger partial charge in [-0.05, 0) is 56.5 Å². The summed E-state index contributed by atoms with van der Waals surface area (Å²) in [5.74, 6) is 1.29. The number of imidazole rings is 1. The number of hydrogen-bond acceptors (Lipinski definition) is 3. The normalized spacial score (nSPS) is 15.9. The smallest absolute Gasteiger partial charge is 0.254 e. The van der Waals surface area contributed by atoms with Crippen molar-refractivity contribution >= 4 is 5.91 Å². The summed E-state index contributed by atoms with van der Waals surface area (Å²) in [5.41, 5.74) is 6.22. The monoisotopic (exact) mass is 450 g/mol. The molecule has 1 aliphatic heterocycles. The molecule has 1 atom stereocenters. The van der Waals surface area contributed by atoms with Crippen LogP contribution in [0.1, 0.15) is 51.8 Å². The fourth-order valence-electron chi connectivity index (χ4n) is 4.84. The Bertz CT molecular complexity index is 1310. The van der Waals surface area contributed by atoms with E-state index in [1.807, 2.05) is 42.3 Å². The molecule has 1 saturated heterocycles. The predicted molar refractivity (Wildman–Crippen MR) is 135 cm³/mol. The number of carbonyl (C=O) groups is 1. The second kappa shape index (κ2) is 9.64. The van der Waals surface area contributed by atoms with Crippen molar-refractivity contribution in [2.75, 3.05) is 13.1 Å². The number of rotatable bonds is 5. The lowest BCUT2D eigenvalue weighted by Crippen LogP contribution is -2.39. The zero-order valence-corrected chi connectivity index (χ0v) is 19.8. The molecule has 1 amide bonds. The quantitative estimate of drug-likeness (QED) is 0.396. The fourth-order valence-corrected chi connectivity index (χ4v) is 4.84. The summed E-state index contributed by atoms with van der Waals surface area (Å²) >= 11 is 0. The molecule has 0 spiro atoms. The van der Waals surface area contributed by atoms with Gasteiger partial charge in [0.2, 0.25) is 0 Å². The molecule has 5 nitrogen and oxygen atoms in total. The summed E-state index contributed by atoms with van der Waals surface area (Å²) in [7, 11) is 0. The summed E-state index contributed by atoms with van der Waals surface area (Å²) < 4.78 is 2.08. The number of pyridine rings is 1. The molecule has 5 rings (SSSR count). The average Bonchev–Trinajstić information content (AvgIpc) is 3.28. The number of hydrogen-bond donors (Lipinski definition) is 0. The Kier molecular flexibility index (Phi) is 6.26. The van der Waals surface area contributed by atoms with Gasteiger partial charge < -0.3 is 9.47 Å². The van der Waals surface area contributed by atoms with E-state index in [9.17, 15) is 4.79 Å². The van der Waals surface area contributed by atoms with E-state index in [1.54, 1.807) is 6.20 Å². The molecular weight excluding hydrogens is 420 g/mol. The van der Waals surface area contributed by atoms with E-state index in [-0.39, 0.29) is 11.8 Å².